The summed E-state index contributed by atoms with van der Waals surface area (Å²) in [6.07, 6.45) is 0. The number of nitrogens with zero attached hydrogens (tertiary/aromatic N) is 1. The van der Waals surface area contributed by atoms with Gasteiger partial charge in [0.2, 0.25) is 0 Å². The van der Waals surface area contributed by atoms with Crippen molar-refractivity contribution in [3.8, 4) is 0 Å². The van der Waals surface area contributed by atoms with Gasteiger partial charge in [-0.05, 0) is 53.5 Å². The number of nitrogens with one attached hydrogen (secondary N) is 1. The summed E-state index contributed by atoms with van der Waals surface area (Å²) in [4.78, 5) is 10.6. The fourth-order valence-corrected chi connectivity index (χ4v) is 2.61. The van der Waals surface area contributed by atoms with Crippen molar-refractivity contribution >= 4 is 27.3 Å². The van der Waals surface area contributed by atoms with Crippen molar-refractivity contribution in [2.75, 3.05) is 5.32 Å². The normalized spacial score (nSPS) is 12.0. The molecule has 0 heterocycles. The Balaban J connectivity index is 2.28. The molecule has 110 valence electrons. The highest BCUT2D eigenvalue weighted by molar-refractivity contribution is 9.10. The summed E-state index contributed by atoms with van der Waals surface area (Å²) >= 11 is 3.40. The van der Waals surface area contributed by atoms with Crippen LogP contribution in [-0.2, 0) is 0 Å². The minimum absolute atomic E-state index is 0.0620. The van der Waals surface area contributed by atoms with Crippen LogP contribution in [0.15, 0.2) is 40.9 Å². The summed E-state index contributed by atoms with van der Waals surface area (Å²) in [6, 6.07) is 9.24. The summed E-state index contributed by atoms with van der Waals surface area (Å²) in [5.74, 6) is -0.293. The molecule has 0 aliphatic carbocycles. The van der Waals surface area contributed by atoms with E-state index >= 15 is 0 Å². The Morgan fingerprint density at radius 3 is 2.48 bits per heavy atom. The molecular formula is C15H14BrFN2O2. The minimum Gasteiger partial charge on any atom is -0.377 e. The first-order valence-electron chi connectivity index (χ1n) is 6.35. The molecule has 0 aliphatic heterocycles. The third-order valence-electron chi connectivity index (χ3n) is 3.22. The predicted octanol–water partition coefficient (Wildman–Crippen LogP) is 4.98. The molecular weight excluding hydrogens is 339 g/mol. The van der Waals surface area contributed by atoms with Gasteiger partial charge in [0.05, 0.1) is 10.6 Å². The molecule has 0 fully saturated rings. The van der Waals surface area contributed by atoms with Gasteiger partial charge in [0.1, 0.15) is 5.82 Å². The number of halogens is 2. The number of hydrogen-bond acceptors (Lipinski definition) is 3. The summed E-state index contributed by atoms with van der Waals surface area (Å²) in [6.45, 7) is 3.60. The van der Waals surface area contributed by atoms with E-state index in [0.717, 1.165) is 10.0 Å². The molecule has 4 nitrogen and oxygen atoms in total. The van der Waals surface area contributed by atoms with Crippen LogP contribution in [0, 0.1) is 22.9 Å². The van der Waals surface area contributed by atoms with E-state index in [4.69, 9.17) is 0 Å². The molecule has 1 unspecified atom stereocenters. The van der Waals surface area contributed by atoms with Crippen LogP contribution in [0.5, 0.6) is 0 Å². The van der Waals surface area contributed by atoms with Crippen LogP contribution in [0.1, 0.15) is 24.1 Å². The zero-order valence-corrected chi connectivity index (χ0v) is 13.1. The van der Waals surface area contributed by atoms with E-state index in [9.17, 15) is 14.5 Å². The molecule has 0 radical (unpaired) electrons. The maximum Gasteiger partial charge on any atom is 0.274 e. The third kappa shape index (κ3) is 3.58. The predicted molar refractivity (Wildman–Crippen MR) is 84.0 cm³/mol. The van der Waals surface area contributed by atoms with Crippen LogP contribution in [0.2, 0.25) is 0 Å². The fraction of sp³-hybridized carbons (Fsp3) is 0.200. The van der Waals surface area contributed by atoms with Crippen molar-refractivity contribution < 1.29 is 9.31 Å². The average molecular weight is 353 g/mol. The van der Waals surface area contributed by atoms with E-state index < -0.39 is 4.92 Å². The molecule has 1 N–H and O–H groups in total. The molecule has 0 aromatic heterocycles. The maximum absolute atomic E-state index is 12.9. The van der Waals surface area contributed by atoms with E-state index in [1.807, 2.05) is 6.92 Å². The summed E-state index contributed by atoms with van der Waals surface area (Å²) in [7, 11) is 0. The fourth-order valence-electron chi connectivity index (χ4n) is 2.04. The van der Waals surface area contributed by atoms with Crippen LogP contribution in [0.4, 0.5) is 15.8 Å². The Kier molecular flexibility index (Phi) is 4.57. The van der Waals surface area contributed by atoms with Gasteiger partial charge in [-0.25, -0.2) is 4.39 Å². The van der Waals surface area contributed by atoms with E-state index in [2.05, 4.69) is 21.2 Å². The molecule has 0 bridgehead atoms. The van der Waals surface area contributed by atoms with Crippen LogP contribution in [-0.4, -0.2) is 4.92 Å². The monoisotopic (exact) mass is 352 g/mol. The van der Waals surface area contributed by atoms with E-state index in [0.29, 0.717) is 11.3 Å². The highest BCUT2D eigenvalue weighted by Gasteiger charge is 2.16. The van der Waals surface area contributed by atoms with Crippen LogP contribution in [0.3, 0.4) is 0 Å². The quantitative estimate of drug-likeness (QED) is 0.623. The smallest absolute Gasteiger partial charge is 0.274 e. The van der Waals surface area contributed by atoms with Gasteiger partial charge in [-0.2, -0.15) is 0 Å². The van der Waals surface area contributed by atoms with Gasteiger partial charge in [0, 0.05) is 22.1 Å². The molecule has 1 atom stereocenters. The Bertz CT molecular complexity index is 674. The van der Waals surface area contributed by atoms with Gasteiger partial charge in [-0.1, -0.05) is 12.1 Å². The van der Waals surface area contributed by atoms with Gasteiger partial charge < -0.3 is 5.32 Å². The van der Waals surface area contributed by atoms with Gasteiger partial charge in [0.25, 0.3) is 5.69 Å². The van der Waals surface area contributed by atoms with Crippen molar-refractivity contribution in [1.82, 2.24) is 0 Å². The summed E-state index contributed by atoms with van der Waals surface area (Å²) in [5.41, 5.74) is 2.18. The highest BCUT2D eigenvalue weighted by Crippen LogP contribution is 2.32. The lowest BCUT2D eigenvalue weighted by Gasteiger charge is -2.17. The summed E-state index contributed by atoms with van der Waals surface area (Å²) < 4.78 is 13.7. The van der Waals surface area contributed by atoms with E-state index in [-0.39, 0.29) is 17.5 Å². The molecule has 2 rings (SSSR count). The largest absolute Gasteiger partial charge is 0.377 e. The first-order valence-corrected chi connectivity index (χ1v) is 7.14. The van der Waals surface area contributed by atoms with Gasteiger partial charge in [-0.3, -0.25) is 10.1 Å². The Morgan fingerprint density at radius 1 is 1.29 bits per heavy atom. The molecule has 0 saturated heterocycles. The van der Waals surface area contributed by atoms with E-state index in [1.54, 1.807) is 25.1 Å². The van der Waals surface area contributed by atoms with E-state index in [1.165, 1.54) is 18.2 Å². The second-order valence-corrected chi connectivity index (χ2v) is 5.65. The van der Waals surface area contributed by atoms with Crippen molar-refractivity contribution in [3.63, 3.8) is 0 Å². The Labute approximate surface area is 130 Å². The molecule has 21 heavy (non-hydrogen) atoms. The Morgan fingerprint density at radius 2 is 1.90 bits per heavy atom. The van der Waals surface area contributed by atoms with Gasteiger partial charge >= 0.3 is 0 Å². The number of nitro benzene ring substituents is 1. The molecule has 2 aromatic carbocycles. The topological polar surface area (TPSA) is 55.2 Å². The molecule has 2 aromatic rings. The maximum atomic E-state index is 12.9. The van der Waals surface area contributed by atoms with Crippen molar-refractivity contribution in [2.45, 2.75) is 19.9 Å². The molecule has 6 heteroatoms. The number of anilines is 1. The highest BCUT2D eigenvalue weighted by atomic mass is 79.9. The standard InChI is InChI=1S/C15H14BrFN2O2/c1-9-7-13(16)14(8-15(9)19(20)21)18-10(2)11-3-5-12(17)6-4-11/h3-8,10,18H,1-2H3. The molecule has 0 aliphatic rings. The lowest BCUT2D eigenvalue weighted by Crippen LogP contribution is -2.08. The lowest BCUT2D eigenvalue weighted by atomic mass is 10.1. The number of hydrogen-bond donors (Lipinski definition) is 1. The SMILES string of the molecule is Cc1cc(Br)c(NC(C)c2ccc(F)cc2)cc1[N+](=O)[O-]. The lowest BCUT2D eigenvalue weighted by molar-refractivity contribution is -0.385. The first-order chi connectivity index (χ1) is 9.88. The Hall–Kier alpha value is -1.95. The molecule has 0 spiro atoms. The van der Waals surface area contributed by atoms with Gasteiger partial charge in [0.15, 0.2) is 0 Å². The second-order valence-electron chi connectivity index (χ2n) is 4.79. The number of benzene rings is 2. The number of aryl methyl sites for hydroxylation is 1. The third-order valence-corrected chi connectivity index (χ3v) is 3.88. The average Bonchev–Trinajstić information content (AvgIpc) is 2.42. The molecule has 0 saturated carbocycles. The number of nitro groups is 1. The van der Waals surface area contributed by atoms with Crippen LogP contribution < -0.4 is 5.32 Å². The van der Waals surface area contributed by atoms with Gasteiger partial charge in [-0.15, -0.1) is 0 Å². The zero-order valence-electron chi connectivity index (χ0n) is 11.6. The van der Waals surface area contributed by atoms with Crippen LogP contribution in [0.25, 0.3) is 0 Å². The minimum atomic E-state index is -0.407. The zero-order chi connectivity index (χ0) is 15.6. The second kappa shape index (κ2) is 6.22. The number of rotatable bonds is 4. The van der Waals surface area contributed by atoms with Crippen molar-refractivity contribution in [1.29, 1.82) is 0 Å². The van der Waals surface area contributed by atoms with Crippen molar-refractivity contribution in [3.05, 3.63) is 67.9 Å². The molecule has 0 amide bonds. The summed E-state index contributed by atoms with van der Waals surface area (Å²) in [5, 5.41) is 14.2. The first kappa shape index (κ1) is 15.4. The van der Waals surface area contributed by atoms with Crippen molar-refractivity contribution in [2.24, 2.45) is 0 Å². The van der Waals surface area contributed by atoms with Crippen LogP contribution >= 0.6 is 15.9 Å².